The maximum Gasteiger partial charge on any atom is 0.131 e. The van der Waals surface area contributed by atoms with E-state index in [0.717, 1.165) is 31.5 Å². The minimum Gasteiger partial charge on any atom is -0.374 e. The topological polar surface area (TPSA) is 35.5 Å². The Balaban J connectivity index is 2.28. The first-order valence-corrected chi connectivity index (χ1v) is 5.84. The van der Waals surface area contributed by atoms with E-state index in [1.807, 2.05) is 0 Å². The number of fused-ring (bicyclic) bond motifs is 1. The Bertz CT molecular complexity index is 363. The van der Waals surface area contributed by atoms with Crippen LogP contribution in [-0.2, 0) is 13.0 Å². The van der Waals surface area contributed by atoms with Gasteiger partial charge in [0.1, 0.15) is 6.23 Å². The molecule has 0 radical (unpaired) electrons. The Kier molecular flexibility index (Phi) is 3.59. The fourth-order valence-corrected chi connectivity index (χ4v) is 2.22. The SMILES string of the molecule is CN(C)Cc1ccc2c(c1)C(O)NCCC2. The van der Waals surface area contributed by atoms with E-state index in [-0.39, 0.29) is 0 Å². The van der Waals surface area contributed by atoms with E-state index in [9.17, 15) is 5.11 Å². The zero-order valence-corrected chi connectivity index (χ0v) is 10.0. The first-order chi connectivity index (χ1) is 7.66. The molecule has 88 valence electrons. The highest BCUT2D eigenvalue weighted by Gasteiger charge is 2.15. The second-order valence-electron chi connectivity index (χ2n) is 4.73. The fourth-order valence-electron chi connectivity index (χ4n) is 2.22. The number of hydrogen-bond donors (Lipinski definition) is 2. The first-order valence-electron chi connectivity index (χ1n) is 5.84. The number of aliphatic hydroxyl groups excluding tert-OH is 1. The Morgan fingerprint density at radius 3 is 3.00 bits per heavy atom. The van der Waals surface area contributed by atoms with Gasteiger partial charge in [-0.15, -0.1) is 0 Å². The predicted octanol–water partition coefficient (Wildman–Crippen LogP) is 1.27. The van der Waals surface area contributed by atoms with Gasteiger partial charge in [-0.25, -0.2) is 0 Å². The molecule has 0 bridgehead atoms. The molecule has 1 aliphatic heterocycles. The summed E-state index contributed by atoms with van der Waals surface area (Å²) in [5.74, 6) is 0. The summed E-state index contributed by atoms with van der Waals surface area (Å²) in [7, 11) is 4.11. The molecule has 0 saturated heterocycles. The fraction of sp³-hybridized carbons (Fsp3) is 0.538. The molecule has 0 aliphatic carbocycles. The number of hydrogen-bond acceptors (Lipinski definition) is 3. The zero-order chi connectivity index (χ0) is 11.5. The van der Waals surface area contributed by atoms with Crippen LogP contribution in [0.3, 0.4) is 0 Å². The molecule has 0 saturated carbocycles. The molecule has 3 nitrogen and oxygen atoms in total. The van der Waals surface area contributed by atoms with Gasteiger partial charge < -0.3 is 10.0 Å². The van der Waals surface area contributed by atoms with Crippen LogP contribution in [0.5, 0.6) is 0 Å². The van der Waals surface area contributed by atoms with E-state index in [2.05, 4.69) is 42.5 Å². The van der Waals surface area contributed by atoms with Crippen LogP contribution >= 0.6 is 0 Å². The van der Waals surface area contributed by atoms with Crippen LogP contribution in [0, 0.1) is 0 Å². The summed E-state index contributed by atoms with van der Waals surface area (Å²) < 4.78 is 0. The Morgan fingerprint density at radius 2 is 2.25 bits per heavy atom. The van der Waals surface area contributed by atoms with Crippen LogP contribution in [0.25, 0.3) is 0 Å². The van der Waals surface area contributed by atoms with E-state index >= 15 is 0 Å². The van der Waals surface area contributed by atoms with Crippen molar-refractivity contribution >= 4 is 0 Å². The molecule has 1 unspecified atom stereocenters. The zero-order valence-electron chi connectivity index (χ0n) is 10.0. The first kappa shape index (κ1) is 11.6. The van der Waals surface area contributed by atoms with Crippen LogP contribution < -0.4 is 5.32 Å². The highest BCUT2D eigenvalue weighted by Crippen LogP contribution is 2.22. The van der Waals surface area contributed by atoms with E-state index < -0.39 is 6.23 Å². The second kappa shape index (κ2) is 4.95. The molecule has 0 amide bonds. The van der Waals surface area contributed by atoms with Crippen molar-refractivity contribution in [3.63, 3.8) is 0 Å². The Morgan fingerprint density at radius 1 is 1.44 bits per heavy atom. The molecule has 16 heavy (non-hydrogen) atoms. The largest absolute Gasteiger partial charge is 0.374 e. The summed E-state index contributed by atoms with van der Waals surface area (Å²) >= 11 is 0. The molecule has 1 heterocycles. The van der Waals surface area contributed by atoms with Crippen molar-refractivity contribution in [2.75, 3.05) is 20.6 Å². The molecule has 0 spiro atoms. The van der Waals surface area contributed by atoms with Gasteiger partial charge in [-0.05, 0) is 50.2 Å². The number of aliphatic hydroxyl groups is 1. The predicted molar refractivity (Wildman–Crippen MR) is 65.1 cm³/mol. The minimum atomic E-state index is -0.500. The summed E-state index contributed by atoms with van der Waals surface area (Å²) in [6.45, 7) is 1.80. The monoisotopic (exact) mass is 220 g/mol. The lowest BCUT2D eigenvalue weighted by Crippen LogP contribution is -2.20. The maximum absolute atomic E-state index is 9.98. The van der Waals surface area contributed by atoms with Crippen molar-refractivity contribution < 1.29 is 5.11 Å². The van der Waals surface area contributed by atoms with Crippen LogP contribution in [0.4, 0.5) is 0 Å². The van der Waals surface area contributed by atoms with Crippen LogP contribution in [-0.4, -0.2) is 30.6 Å². The van der Waals surface area contributed by atoms with Gasteiger partial charge >= 0.3 is 0 Å². The summed E-state index contributed by atoms with van der Waals surface area (Å²) in [5, 5.41) is 13.1. The maximum atomic E-state index is 9.98. The van der Waals surface area contributed by atoms with Crippen molar-refractivity contribution in [2.45, 2.75) is 25.6 Å². The van der Waals surface area contributed by atoms with Gasteiger partial charge in [0.05, 0.1) is 0 Å². The second-order valence-corrected chi connectivity index (χ2v) is 4.73. The number of nitrogens with zero attached hydrogens (tertiary/aromatic N) is 1. The molecule has 3 heteroatoms. The smallest absolute Gasteiger partial charge is 0.131 e. The third kappa shape index (κ3) is 2.61. The number of aryl methyl sites for hydroxylation is 1. The van der Waals surface area contributed by atoms with E-state index in [1.54, 1.807) is 0 Å². The molecular formula is C13H20N2O. The van der Waals surface area contributed by atoms with Crippen molar-refractivity contribution in [3.05, 3.63) is 34.9 Å². The average molecular weight is 220 g/mol. The minimum absolute atomic E-state index is 0.500. The van der Waals surface area contributed by atoms with Crippen LogP contribution in [0.2, 0.25) is 0 Å². The molecule has 1 aliphatic rings. The molecule has 1 aromatic carbocycles. The third-order valence-electron chi connectivity index (χ3n) is 2.96. The number of nitrogens with one attached hydrogen (secondary N) is 1. The van der Waals surface area contributed by atoms with Crippen molar-refractivity contribution in [2.24, 2.45) is 0 Å². The van der Waals surface area contributed by atoms with E-state index in [0.29, 0.717) is 0 Å². The number of rotatable bonds is 2. The molecule has 2 rings (SSSR count). The molecule has 0 aromatic heterocycles. The lowest BCUT2D eigenvalue weighted by Gasteiger charge is -2.16. The van der Waals surface area contributed by atoms with Gasteiger partial charge in [0.25, 0.3) is 0 Å². The highest BCUT2D eigenvalue weighted by atomic mass is 16.3. The van der Waals surface area contributed by atoms with E-state index in [1.165, 1.54) is 11.1 Å². The van der Waals surface area contributed by atoms with Crippen molar-refractivity contribution in [1.82, 2.24) is 10.2 Å². The van der Waals surface area contributed by atoms with Gasteiger partial charge in [-0.3, -0.25) is 5.32 Å². The van der Waals surface area contributed by atoms with Gasteiger partial charge in [0, 0.05) is 6.54 Å². The third-order valence-corrected chi connectivity index (χ3v) is 2.96. The highest BCUT2D eigenvalue weighted by molar-refractivity contribution is 5.34. The van der Waals surface area contributed by atoms with Crippen LogP contribution in [0.15, 0.2) is 18.2 Å². The quantitative estimate of drug-likeness (QED) is 0.788. The van der Waals surface area contributed by atoms with Gasteiger partial charge in [0.15, 0.2) is 0 Å². The normalized spacial score (nSPS) is 20.6. The van der Waals surface area contributed by atoms with Crippen LogP contribution in [0.1, 0.15) is 29.3 Å². The molecule has 1 atom stereocenters. The molecular weight excluding hydrogens is 200 g/mol. The number of benzene rings is 1. The lowest BCUT2D eigenvalue weighted by atomic mass is 10.00. The van der Waals surface area contributed by atoms with Gasteiger partial charge in [-0.2, -0.15) is 0 Å². The average Bonchev–Trinajstić information content (AvgIpc) is 2.41. The molecule has 0 fully saturated rings. The lowest BCUT2D eigenvalue weighted by molar-refractivity contribution is 0.141. The molecule has 2 N–H and O–H groups in total. The molecule has 1 aromatic rings. The van der Waals surface area contributed by atoms with E-state index in [4.69, 9.17) is 0 Å². The van der Waals surface area contributed by atoms with Gasteiger partial charge in [0.2, 0.25) is 0 Å². The summed E-state index contributed by atoms with van der Waals surface area (Å²) in [4.78, 5) is 2.14. The standard InChI is InChI=1S/C13H20N2O/c1-15(2)9-10-5-6-11-4-3-7-14-13(16)12(11)8-10/h5-6,8,13-14,16H,3-4,7,9H2,1-2H3. The van der Waals surface area contributed by atoms with Crippen molar-refractivity contribution in [1.29, 1.82) is 0 Å². The van der Waals surface area contributed by atoms with Crippen molar-refractivity contribution in [3.8, 4) is 0 Å². The summed E-state index contributed by atoms with van der Waals surface area (Å²) in [6, 6.07) is 6.44. The Hall–Kier alpha value is -0.900. The Labute approximate surface area is 97.1 Å². The summed E-state index contributed by atoms with van der Waals surface area (Å²) in [6.07, 6.45) is 1.65. The summed E-state index contributed by atoms with van der Waals surface area (Å²) in [5.41, 5.74) is 3.59. The van der Waals surface area contributed by atoms with Gasteiger partial charge in [-0.1, -0.05) is 18.2 Å².